The number of hydrogen-bond donors (Lipinski definition) is 10. The normalized spacial score (nSPS) is 32.8. The molecule has 2 fully saturated rings. The summed E-state index contributed by atoms with van der Waals surface area (Å²) < 4.78 is 27.9. The highest BCUT2D eigenvalue weighted by Crippen LogP contribution is 2.33. The number of ether oxygens (including phenoxy) is 5. The minimum Gasteiger partial charge on any atom is -0.504 e. The summed E-state index contributed by atoms with van der Waals surface area (Å²) in [7, 11) is 0. The van der Waals surface area contributed by atoms with Crippen LogP contribution in [-0.2, 0) is 28.5 Å². The number of benzene rings is 2. The molecule has 0 bridgehead atoms. The first-order valence-electron chi connectivity index (χ1n) is 13.8. The van der Waals surface area contributed by atoms with Gasteiger partial charge < -0.3 is 74.7 Å². The van der Waals surface area contributed by atoms with Crippen LogP contribution >= 0.6 is 0 Å². The highest BCUT2D eigenvalue weighted by Gasteiger charge is 2.52. The Morgan fingerprint density at radius 1 is 0.844 bits per heavy atom. The molecule has 0 aliphatic carbocycles. The second-order valence-corrected chi connectivity index (χ2v) is 10.6. The fourth-order valence-electron chi connectivity index (χ4n) is 4.77. The van der Waals surface area contributed by atoms with Crippen molar-refractivity contribution >= 4 is 12.0 Å². The summed E-state index contributed by atoms with van der Waals surface area (Å²) >= 11 is 0. The lowest BCUT2D eigenvalue weighted by Gasteiger charge is -2.46. The summed E-state index contributed by atoms with van der Waals surface area (Å²) in [6.45, 7) is 0.0546. The Balaban J connectivity index is 1.54. The van der Waals surface area contributed by atoms with Crippen LogP contribution in [0.5, 0.6) is 23.0 Å². The summed E-state index contributed by atoms with van der Waals surface area (Å²) in [5.74, 6) is -2.75. The predicted molar refractivity (Wildman–Crippen MR) is 148 cm³/mol. The third-order valence-electron chi connectivity index (χ3n) is 7.36. The molecule has 11 atom stereocenters. The molecule has 2 aliphatic rings. The number of hydrogen-bond acceptors (Lipinski definition) is 16. The van der Waals surface area contributed by atoms with E-state index in [1.54, 1.807) is 0 Å². The molecule has 0 amide bonds. The Bertz CT molecular complexity index is 1340. The molecule has 0 radical (unpaired) electrons. The molecule has 2 aromatic carbocycles. The molecule has 2 aromatic rings. The molecule has 4 rings (SSSR count). The van der Waals surface area contributed by atoms with Gasteiger partial charge in [0.05, 0.1) is 19.3 Å². The van der Waals surface area contributed by atoms with E-state index in [1.807, 2.05) is 0 Å². The first-order valence-corrected chi connectivity index (χ1v) is 13.8. The number of rotatable bonds is 10. The van der Waals surface area contributed by atoms with Crippen molar-refractivity contribution < 1.29 is 79.5 Å². The third-order valence-corrected chi connectivity index (χ3v) is 7.36. The molecule has 16 nitrogen and oxygen atoms in total. The maximum absolute atomic E-state index is 12.8. The van der Waals surface area contributed by atoms with Gasteiger partial charge in [0.1, 0.15) is 42.7 Å². The van der Waals surface area contributed by atoms with E-state index in [0.717, 1.165) is 18.2 Å². The number of aromatic hydroxyl groups is 4. The topological polar surface area (TPSA) is 266 Å². The van der Waals surface area contributed by atoms with Gasteiger partial charge in [0.25, 0.3) is 0 Å². The van der Waals surface area contributed by atoms with E-state index in [1.165, 1.54) is 37.3 Å². The van der Waals surface area contributed by atoms with Crippen molar-refractivity contribution in [3.05, 3.63) is 53.6 Å². The second kappa shape index (κ2) is 14.7. The summed E-state index contributed by atoms with van der Waals surface area (Å²) in [4.78, 5) is 12.8. The lowest BCUT2D eigenvalue weighted by Crippen LogP contribution is -2.65. The molecule has 0 spiro atoms. The van der Waals surface area contributed by atoms with Crippen LogP contribution < -0.4 is 0 Å². The van der Waals surface area contributed by atoms with E-state index >= 15 is 0 Å². The average Bonchev–Trinajstić information content (AvgIpc) is 3.01. The zero-order chi connectivity index (χ0) is 33.0. The monoisotopic (exact) mass is 640 g/mol. The van der Waals surface area contributed by atoms with Crippen molar-refractivity contribution in [2.75, 3.05) is 13.2 Å². The highest BCUT2D eigenvalue weighted by molar-refractivity contribution is 5.87. The quantitative estimate of drug-likeness (QED) is 0.0802. The summed E-state index contributed by atoms with van der Waals surface area (Å²) in [6, 6.07) is 7.32. The van der Waals surface area contributed by atoms with Crippen LogP contribution in [0, 0.1) is 0 Å². The lowest BCUT2D eigenvalue weighted by molar-refractivity contribution is -0.358. The van der Waals surface area contributed by atoms with Gasteiger partial charge in [-0.15, -0.1) is 0 Å². The first kappa shape index (κ1) is 34.3. The van der Waals surface area contributed by atoms with Gasteiger partial charge in [0, 0.05) is 6.08 Å². The van der Waals surface area contributed by atoms with Gasteiger partial charge in [-0.2, -0.15) is 0 Å². The number of carbonyl (C=O) groups excluding carboxylic acids is 1. The number of esters is 1. The standard InChI is InChI=1S/C29H36O16/c1-12-22(37)23(38)24(39)29(42-12)45-27-25(40)28(41-11-19(35)14-4-6-16(32)18(34)9-14)43-20(10-30)26(27)44-21(36)7-3-13-2-5-15(31)17(33)8-13/h2-9,12,19-20,22-35,37-40H,10-11H2,1H3/b7-3+/t12-,19-,20+,22-,23+,24+,25+,26+,27+,28+,29+/m0/s1. The van der Waals surface area contributed by atoms with E-state index in [2.05, 4.69) is 0 Å². The maximum atomic E-state index is 12.8. The molecule has 10 N–H and O–H groups in total. The zero-order valence-electron chi connectivity index (χ0n) is 23.8. The Morgan fingerprint density at radius 2 is 1.51 bits per heavy atom. The van der Waals surface area contributed by atoms with Crippen LogP contribution in [0.4, 0.5) is 0 Å². The lowest BCUT2D eigenvalue weighted by atomic mass is 9.97. The maximum Gasteiger partial charge on any atom is 0.331 e. The minimum atomic E-state index is -1.83. The number of phenols is 4. The van der Waals surface area contributed by atoms with Crippen molar-refractivity contribution in [3.63, 3.8) is 0 Å². The Morgan fingerprint density at radius 3 is 2.16 bits per heavy atom. The Hall–Kier alpha value is -3.55. The van der Waals surface area contributed by atoms with Crippen LogP contribution in [-0.4, -0.2) is 132 Å². The molecule has 0 saturated carbocycles. The molecule has 2 heterocycles. The van der Waals surface area contributed by atoms with Crippen LogP contribution in [0.15, 0.2) is 42.5 Å². The third kappa shape index (κ3) is 8.00. The van der Waals surface area contributed by atoms with E-state index in [9.17, 15) is 55.9 Å². The van der Waals surface area contributed by atoms with Crippen molar-refractivity contribution in [2.45, 2.75) is 74.4 Å². The molecule has 16 heteroatoms. The van der Waals surface area contributed by atoms with Crippen molar-refractivity contribution in [1.82, 2.24) is 0 Å². The van der Waals surface area contributed by atoms with Gasteiger partial charge in [-0.3, -0.25) is 0 Å². The van der Waals surface area contributed by atoms with E-state index in [-0.39, 0.29) is 11.3 Å². The minimum absolute atomic E-state index is 0.142. The molecule has 2 aliphatic heterocycles. The van der Waals surface area contributed by atoms with Gasteiger partial charge in [0.2, 0.25) is 0 Å². The van der Waals surface area contributed by atoms with Gasteiger partial charge in [0.15, 0.2) is 41.7 Å². The van der Waals surface area contributed by atoms with E-state index in [0.29, 0.717) is 5.56 Å². The van der Waals surface area contributed by atoms with Gasteiger partial charge in [-0.1, -0.05) is 12.1 Å². The largest absolute Gasteiger partial charge is 0.504 e. The molecule has 2 saturated heterocycles. The molecular weight excluding hydrogens is 604 g/mol. The van der Waals surface area contributed by atoms with Gasteiger partial charge in [-0.25, -0.2) is 4.79 Å². The second-order valence-electron chi connectivity index (χ2n) is 10.6. The fourth-order valence-corrected chi connectivity index (χ4v) is 4.77. The van der Waals surface area contributed by atoms with Crippen LogP contribution in [0.2, 0.25) is 0 Å². The van der Waals surface area contributed by atoms with Crippen molar-refractivity contribution in [1.29, 1.82) is 0 Å². The molecule has 45 heavy (non-hydrogen) atoms. The summed E-state index contributed by atoms with van der Waals surface area (Å²) in [6.07, 6.45) is -15.0. The van der Waals surface area contributed by atoms with Gasteiger partial charge >= 0.3 is 5.97 Å². The van der Waals surface area contributed by atoms with Crippen molar-refractivity contribution in [2.24, 2.45) is 0 Å². The number of aliphatic hydroxyl groups is 6. The number of phenolic OH excluding ortho intramolecular Hbond substituents is 4. The molecule has 0 unspecified atom stereocenters. The smallest absolute Gasteiger partial charge is 0.331 e. The van der Waals surface area contributed by atoms with Crippen LogP contribution in [0.3, 0.4) is 0 Å². The zero-order valence-corrected chi connectivity index (χ0v) is 23.8. The van der Waals surface area contributed by atoms with Gasteiger partial charge in [-0.05, 0) is 48.4 Å². The molecule has 248 valence electrons. The summed E-state index contributed by atoms with van der Waals surface area (Å²) in [5.41, 5.74) is 0.450. The molecule has 0 aromatic heterocycles. The average molecular weight is 641 g/mol. The molecular formula is C29H36O16. The Kier molecular flexibility index (Phi) is 11.2. The Labute approximate surface area is 256 Å². The van der Waals surface area contributed by atoms with E-state index < -0.39 is 104 Å². The summed E-state index contributed by atoms with van der Waals surface area (Å²) in [5, 5.41) is 101. The number of aliphatic hydroxyl groups excluding tert-OH is 6. The van der Waals surface area contributed by atoms with Crippen LogP contribution in [0.25, 0.3) is 6.08 Å². The highest BCUT2D eigenvalue weighted by atomic mass is 16.7. The van der Waals surface area contributed by atoms with Crippen LogP contribution in [0.1, 0.15) is 24.2 Å². The first-order chi connectivity index (χ1) is 21.3. The number of carbonyl (C=O) groups is 1. The predicted octanol–water partition coefficient (Wildman–Crippen LogP) is -1.53. The van der Waals surface area contributed by atoms with E-state index in [4.69, 9.17) is 23.7 Å². The fraction of sp³-hybridized carbons (Fsp3) is 0.483. The SMILES string of the molecule is C[C@@H]1O[C@H](O[C@@H]2[C@@H](O)[C@H](OC[C@H](O)c3ccc(O)c(O)c3)O[C@H](CO)[C@H]2OC(=O)/C=C/c2ccc(O)c(O)c2)[C@H](O)[C@H](O)[C@H]1O. The van der Waals surface area contributed by atoms with Crippen molar-refractivity contribution in [3.8, 4) is 23.0 Å².